The summed E-state index contributed by atoms with van der Waals surface area (Å²) in [7, 11) is 0. The van der Waals surface area contributed by atoms with Gasteiger partial charge in [0, 0.05) is 48.3 Å². The highest BCUT2D eigenvalue weighted by atomic mass is 16.5. The Kier molecular flexibility index (Phi) is 4.42. The molecule has 0 aliphatic carbocycles. The van der Waals surface area contributed by atoms with Gasteiger partial charge in [-0.3, -0.25) is 5.10 Å². The lowest BCUT2D eigenvalue weighted by atomic mass is 9.95. The van der Waals surface area contributed by atoms with E-state index in [9.17, 15) is 5.11 Å². The first-order valence-electron chi connectivity index (χ1n) is 9.41. The minimum atomic E-state index is 0.114. The molecule has 144 valence electrons. The number of benzene rings is 1. The molecule has 2 fully saturated rings. The van der Waals surface area contributed by atoms with Crippen LogP contribution < -0.4 is 10.1 Å². The third kappa shape index (κ3) is 3.44. The van der Waals surface area contributed by atoms with Gasteiger partial charge in [0.2, 0.25) is 5.88 Å². The van der Waals surface area contributed by atoms with Crippen molar-refractivity contribution in [3.05, 3.63) is 42.7 Å². The number of fused-ring (bicyclic) bond motifs is 2. The number of aromatic amines is 1. The number of morpholine rings is 1. The number of nitrogens with one attached hydrogen (secondary N) is 2. The third-order valence-electron chi connectivity index (χ3n) is 5.24. The number of ether oxygens (including phenoxy) is 2. The van der Waals surface area contributed by atoms with Gasteiger partial charge in [0.05, 0.1) is 25.1 Å². The Bertz CT molecular complexity index is 933. The molecule has 5 rings (SSSR count). The normalized spacial score (nSPS) is 24.1. The first-order valence-corrected chi connectivity index (χ1v) is 9.41. The van der Waals surface area contributed by atoms with Crippen LogP contribution in [-0.2, 0) is 4.74 Å². The zero-order valence-corrected chi connectivity index (χ0v) is 15.2. The van der Waals surface area contributed by atoms with Crippen LogP contribution in [0.15, 0.2) is 42.7 Å². The SMILES string of the molecule is Oc1cc(-c2cn[nH]c2)ccc1-c1ccc(O[C@H]2C[C@H]3COC[C@@H](C2)N3)nn1. The van der Waals surface area contributed by atoms with Crippen molar-refractivity contribution in [1.82, 2.24) is 25.7 Å². The molecule has 0 amide bonds. The number of phenols is 1. The lowest BCUT2D eigenvalue weighted by molar-refractivity contribution is -0.0134. The highest BCUT2D eigenvalue weighted by molar-refractivity contribution is 5.73. The fraction of sp³-hybridized carbons (Fsp3) is 0.350. The van der Waals surface area contributed by atoms with Crippen LogP contribution in [0.3, 0.4) is 0 Å². The molecule has 2 bridgehead atoms. The summed E-state index contributed by atoms with van der Waals surface area (Å²) >= 11 is 0. The van der Waals surface area contributed by atoms with E-state index in [0.29, 0.717) is 29.2 Å². The third-order valence-corrected chi connectivity index (χ3v) is 5.24. The molecule has 2 saturated heterocycles. The van der Waals surface area contributed by atoms with Crippen molar-refractivity contribution in [1.29, 1.82) is 0 Å². The summed E-state index contributed by atoms with van der Waals surface area (Å²) in [5.74, 6) is 0.650. The molecule has 8 nitrogen and oxygen atoms in total. The summed E-state index contributed by atoms with van der Waals surface area (Å²) in [6, 6.07) is 9.76. The fourth-order valence-electron chi connectivity index (χ4n) is 3.92. The number of rotatable bonds is 4. The minimum absolute atomic E-state index is 0.114. The van der Waals surface area contributed by atoms with E-state index in [4.69, 9.17) is 9.47 Å². The molecule has 4 heterocycles. The zero-order valence-electron chi connectivity index (χ0n) is 15.2. The molecule has 0 saturated carbocycles. The maximum absolute atomic E-state index is 10.4. The van der Waals surface area contributed by atoms with Gasteiger partial charge < -0.3 is 19.9 Å². The molecule has 3 atom stereocenters. The number of nitrogens with zero attached hydrogens (tertiary/aromatic N) is 3. The van der Waals surface area contributed by atoms with Gasteiger partial charge in [-0.15, -0.1) is 10.2 Å². The average Bonchev–Trinajstić information content (AvgIpc) is 3.23. The summed E-state index contributed by atoms with van der Waals surface area (Å²) in [4.78, 5) is 0. The molecule has 1 aromatic carbocycles. The molecule has 2 aliphatic rings. The van der Waals surface area contributed by atoms with Crippen molar-refractivity contribution in [2.45, 2.75) is 31.0 Å². The lowest BCUT2D eigenvalue weighted by Gasteiger charge is -2.39. The number of H-pyrrole nitrogens is 1. The molecular weight excluding hydrogens is 358 g/mol. The van der Waals surface area contributed by atoms with Crippen molar-refractivity contribution in [3.63, 3.8) is 0 Å². The molecule has 28 heavy (non-hydrogen) atoms. The van der Waals surface area contributed by atoms with E-state index in [1.165, 1.54) is 0 Å². The van der Waals surface area contributed by atoms with E-state index < -0.39 is 0 Å². The van der Waals surface area contributed by atoms with Crippen molar-refractivity contribution in [2.75, 3.05) is 13.2 Å². The van der Waals surface area contributed by atoms with Crippen LogP contribution in [0, 0.1) is 0 Å². The van der Waals surface area contributed by atoms with Crippen molar-refractivity contribution in [3.8, 4) is 34.0 Å². The number of aromatic hydroxyl groups is 1. The highest BCUT2D eigenvalue weighted by Crippen LogP contribution is 2.32. The van der Waals surface area contributed by atoms with Crippen LogP contribution in [0.5, 0.6) is 11.6 Å². The fourth-order valence-corrected chi connectivity index (χ4v) is 3.92. The Morgan fingerprint density at radius 2 is 1.89 bits per heavy atom. The quantitative estimate of drug-likeness (QED) is 0.638. The van der Waals surface area contributed by atoms with Crippen molar-refractivity contribution in [2.24, 2.45) is 0 Å². The zero-order chi connectivity index (χ0) is 18.9. The Labute approximate surface area is 161 Å². The van der Waals surface area contributed by atoms with Crippen molar-refractivity contribution >= 4 is 0 Å². The number of phenolic OH excluding ortho intramolecular Hbond substituents is 1. The second kappa shape index (κ2) is 7.21. The summed E-state index contributed by atoms with van der Waals surface area (Å²) in [6.45, 7) is 1.46. The summed E-state index contributed by atoms with van der Waals surface area (Å²) < 4.78 is 11.6. The average molecular weight is 379 g/mol. The predicted octanol–water partition coefficient (Wildman–Crippen LogP) is 2.14. The van der Waals surface area contributed by atoms with Gasteiger partial charge in [0.15, 0.2) is 0 Å². The largest absolute Gasteiger partial charge is 0.507 e. The second-order valence-corrected chi connectivity index (χ2v) is 7.28. The standard InChI is InChI=1S/C20H21N5O3/c26-19-5-12(13-8-21-22-9-13)1-2-17(19)18-3-4-20(25-24-18)28-16-6-14-10-27-11-15(7-16)23-14/h1-5,8-9,14-16,23,26H,6-7,10-11H2,(H,21,22)/t14-,15+,16-. The number of hydrogen-bond donors (Lipinski definition) is 3. The van der Waals surface area contributed by atoms with Gasteiger partial charge in [0.25, 0.3) is 0 Å². The van der Waals surface area contributed by atoms with Crippen LogP contribution in [-0.4, -0.2) is 56.9 Å². The monoisotopic (exact) mass is 379 g/mol. The molecule has 0 spiro atoms. The molecular formula is C20H21N5O3. The first kappa shape index (κ1) is 17.2. The van der Waals surface area contributed by atoms with Gasteiger partial charge in [-0.25, -0.2) is 0 Å². The summed E-state index contributed by atoms with van der Waals surface area (Å²) in [5.41, 5.74) is 3.01. The van der Waals surface area contributed by atoms with Gasteiger partial charge >= 0.3 is 0 Å². The van der Waals surface area contributed by atoms with Gasteiger partial charge in [0.1, 0.15) is 11.9 Å². The smallest absolute Gasteiger partial charge is 0.233 e. The topological polar surface area (TPSA) is 105 Å². The minimum Gasteiger partial charge on any atom is -0.507 e. The van der Waals surface area contributed by atoms with E-state index in [1.807, 2.05) is 18.2 Å². The molecule has 2 aliphatic heterocycles. The van der Waals surface area contributed by atoms with E-state index in [0.717, 1.165) is 37.2 Å². The number of aromatic nitrogens is 4. The van der Waals surface area contributed by atoms with E-state index in [-0.39, 0.29) is 11.9 Å². The van der Waals surface area contributed by atoms with Crippen LogP contribution in [0.2, 0.25) is 0 Å². The highest BCUT2D eigenvalue weighted by Gasteiger charge is 2.33. The molecule has 0 radical (unpaired) electrons. The summed E-state index contributed by atoms with van der Waals surface area (Å²) in [5, 5.41) is 29.1. The van der Waals surface area contributed by atoms with Crippen LogP contribution >= 0.6 is 0 Å². The molecule has 3 aromatic rings. The maximum Gasteiger partial charge on any atom is 0.233 e. The first-order chi connectivity index (χ1) is 13.7. The Balaban J connectivity index is 1.30. The molecule has 8 heteroatoms. The lowest BCUT2D eigenvalue weighted by Crippen LogP contribution is -2.56. The maximum atomic E-state index is 10.4. The van der Waals surface area contributed by atoms with Gasteiger partial charge in [-0.1, -0.05) is 6.07 Å². The van der Waals surface area contributed by atoms with Crippen LogP contribution in [0.1, 0.15) is 12.8 Å². The second-order valence-electron chi connectivity index (χ2n) is 7.28. The Morgan fingerprint density at radius 1 is 1.04 bits per heavy atom. The summed E-state index contributed by atoms with van der Waals surface area (Å²) in [6.07, 6.45) is 5.40. The van der Waals surface area contributed by atoms with E-state index in [2.05, 4.69) is 25.7 Å². The molecule has 2 aromatic heterocycles. The molecule has 3 N–H and O–H groups in total. The van der Waals surface area contributed by atoms with Crippen LogP contribution in [0.25, 0.3) is 22.4 Å². The molecule has 0 unspecified atom stereocenters. The van der Waals surface area contributed by atoms with Gasteiger partial charge in [-0.2, -0.15) is 5.10 Å². The van der Waals surface area contributed by atoms with E-state index >= 15 is 0 Å². The predicted molar refractivity (Wildman–Crippen MR) is 102 cm³/mol. The van der Waals surface area contributed by atoms with Crippen LogP contribution in [0.4, 0.5) is 0 Å². The van der Waals surface area contributed by atoms with Crippen molar-refractivity contribution < 1.29 is 14.6 Å². The number of piperidine rings is 1. The van der Waals surface area contributed by atoms with Gasteiger partial charge in [-0.05, 0) is 23.8 Å². The number of hydrogen-bond acceptors (Lipinski definition) is 7. The van der Waals surface area contributed by atoms with E-state index in [1.54, 1.807) is 24.5 Å². The Morgan fingerprint density at radius 3 is 2.57 bits per heavy atom. The Hall–Kier alpha value is -2.97.